The van der Waals surface area contributed by atoms with Crippen LogP contribution in [0, 0.1) is 0 Å². The zero-order chi connectivity index (χ0) is 12.9. The Hall–Kier alpha value is -1.14. The normalized spacial score (nSPS) is 24.2. The van der Waals surface area contributed by atoms with Gasteiger partial charge in [0.05, 0.1) is 13.0 Å². The summed E-state index contributed by atoms with van der Waals surface area (Å²) in [5, 5.41) is 3.16. The van der Waals surface area contributed by atoms with Gasteiger partial charge in [0.2, 0.25) is 5.91 Å². The number of ether oxygens (including phenoxy) is 2. The Morgan fingerprint density at radius 1 is 1.47 bits per heavy atom. The highest BCUT2D eigenvalue weighted by molar-refractivity contribution is 5.77. The van der Waals surface area contributed by atoms with E-state index in [2.05, 4.69) is 5.32 Å². The van der Waals surface area contributed by atoms with Crippen molar-refractivity contribution in [2.45, 2.75) is 18.9 Å². The van der Waals surface area contributed by atoms with E-state index < -0.39 is 5.60 Å². The average molecular weight is 244 g/mol. The van der Waals surface area contributed by atoms with Crippen molar-refractivity contribution in [3.05, 3.63) is 0 Å². The van der Waals surface area contributed by atoms with Crippen molar-refractivity contribution in [2.24, 2.45) is 0 Å². The van der Waals surface area contributed by atoms with Gasteiger partial charge in [0.1, 0.15) is 12.2 Å². The van der Waals surface area contributed by atoms with Crippen LogP contribution in [0.4, 0.5) is 0 Å². The topological polar surface area (TPSA) is 67.9 Å². The number of carbonyl (C=O) groups excluding carboxylic acids is 2. The van der Waals surface area contributed by atoms with Crippen LogP contribution >= 0.6 is 0 Å². The first kappa shape index (κ1) is 13.9. The van der Waals surface area contributed by atoms with E-state index in [-0.39, 0.29) is 24.9 Å². The van der Waals surface area contributed by atoms with Crippen molar-refractivity contribution in [1.29, 1.82) is 0 Å². The molecular weight excluding hydrogens is 224 g/mol. The second-order valence-electron chi connectivity index (χ2n) is 4.45. The SMILES string of the molecule is CC(=O)OCC1(CC(=O)N(C)C)CNCCO1. The molecule has 0 aromatic heterocycles. The lowest BCUT2D eigenvalue weighted by Gasteiger charge is -2.37. The third-order valence-corrected chi connectivity index (χ3v) is 2.64. The summed E-state index contributed by atoms with van der Waals surface area (Å²) in [6.45, 7) is 3.23. The highest BCUT2D eigenvalue weighted by Crippen LogP contribution is 2.19. The van der Waals surface area contributed by atoms with Gasteiger partial charge in [-0.3, -0.25) is 9.59 Å². The van der Waals surface area contributed by atoms with Gasteiger partial charge in [-0.05, 0) is 0 Å². The van der Waals surface area contributed by atoms with E-state index >= 15 is 0 Å². The molecule has 98 valence electrons. The molecule has 1 amide bonds. The first-order chi connectivity index (χ1) is 7.95. The maximum atomic E-state index is 11.7. The Bertz CT molecular complexity index is 285. The molecule has 0 saturated carbocycles. The van der Waals surface area contributed by atoms with Crippen LogP contribution in [0.1, 0.15) is 13.3 Å². The Kier molecular flexibility index (Phi) is 4.89. The molecule has 0 spiro atoms. The molecule has 17 heavy (non-hydrogen) atoms. The number of rotatable bonds is 4. The lowest BCUT2D eigenvalue weighted by Crippen LogP contribution is -2.55. The summed E-state index contributed by atoms with van der Waals surface area (Å²) in [6.07, 6.45) is 0.209. The van der Waals surface area contributed by atoms with Crippen LogP contribution in [0.5, 0.6) is 0 Å². The average Bonchev–Trinajstić information content (AvgIpc) is 2.27. The minimum Gasteiger partial charge on any atom is -0.463 e. The molecule has 6 nitrogen and oxygen atoms in total. The lowest BCUT2D eigenvalue weighted by molar-refractivity contribution is -0.163. The Morgan fingerprint density at radius 3 is 2.65 bits per heavy atom. The molecular formula is C11H20N2O4. The van der Waals surface area contributed by atoms with E-state index in [0.29, 0.717) is 13.2 Å². The summed E-state index contributed by atoms with van der Waals surface area (Å²) >= 11 is 0. The number of amides is 1. The summed E-state index contributed by atoms with van der Waals surface area (Å²) in [5.74, 6) is -0.406. The van der Waals surface area contributed by atoms with Gasteiger partial charge in [0.15, 0.2) is 0 Å². The predicted molar refractivity (Wildman–Crippen MR) is 61.5 cm³/mol. The summed E-state index contributed by atoms with van der Waals surface area (Å²) in [7, 11) is 3.39. The van der Waals surface area contributed by atoms with E-state index in [1.165, 1.54) is 11.8 Å². The molecule has 1 heterocycles. The molecule has 1 rings (SSSR count). The molecule has 1 aliphatic heterocycles. The zero-order valence-corrected chi connectivity index (χ0v) is 10.6. The number of hydrogen-bond acceptors (Lipinski definition) is 5. The lowest BCUT2D eigenvalue weighted by atomic mass is 9.98. The van der Waals surface area contributed by atoms with Crippen molar-refractivity contribution < 1.29 is 19.1 Å². The Labute approximate surface area is 101 Å². The zero-order valence-electron chi connectivity index (χ0n) is 10.6. The molecule has 0 aromatic rings. The number of carbonyl (C=O) groups is 2. The monoisotopic (exact) mass is 244 g/mol. The van der Waals surface area contributed by atoms with Crippen LogP contribution in [0.3, 0.4) is 0 Å². The van der Waals surface area contributed by atoms with Crippen molar-refractivity contribution >= 4 is 11.9 Å². The smallest absolute Gasteiger partial charge is 0.302 e. The molecule has 1 fully saturated rings. The third kappa shape index (κ3) is 4.32. The number of nitrogens with one attached hydrogen (secondary N) is 1. The number of hydrogen-bond donors (Lipinski definition) is 1. The van der Waals surface area contributed by atoms with Crippen LogP contribution in [-0.2, 0) is 19.1 Å². The first-order valence-corrected chi connectivity index (χ1v) is 5.63. The van der Waals surface area contributed by atoms with Gasteiger partial charge in [0.25, 0.3) is 0 Å². The molecule has 0 radical (unpaired) electrons. The quantitative estimate of drug-likeness (QED) is 0.668. The van der Waals surface area contributed by atoms with Crippen LogP contribution in [0.25, 0.3) is 0 Å². The Morgan fingerprint density at radius 2 is 2.18 bits per heavy atom. The third-order valence-electron chi connectivity index (χ3n) is 2.64. The molecule has 1 unspecified atom stereocenters. The van der Waals surface area contributed by atoms with E-state index in [0.717, 1.165) is 6.54 Å². The molecule has 1 atom stereocenters. The standard InChI is InChI=1S/C11H20N2O4/c1-9(14)16-8-11(6-10(15)13(2)3)7-12-4-5-17-11/h12H,4-8H2,1-3H3. The van der Waals surface area contributed by atoms with E-state index in [9.17, 15) is 9.59 Å². The maximum absolute atomic E-state index is 11.7. The van der Waals surface area contributed by atoms with Crippen molar-refractivity contribution in [2.75, 3.05) is 40.4 Å². The van der Waals surface area contributed by atoms with Gasteiger partial charge in [-0.1, -0.05) is 0 Å². The van der Waals surface area contributed by atoms with Gasteiger partial charge in [-0.2, -0.15) is 0 Å². The van der Waals surface area contributed by atoms with Gasteiger partial charge in [-0.15, -0.1) is 0 Å². The van der Waals surface area contributed by atoms with Crippen molar-refractivity contribution in [3.8, 4) is 0 Å². The predicted octanol–water partition coefficient (Wildman–Crippen LogP) is -0.614. The maximum Gasteiger partial charge on any atom is 0.302 e. The second-order valence-corrected chi connectivity index (χ2v) is 4.45. The van der Waals surface area contributed by atoms with Gasteiger partial charge >= 0.3 is 5.97 Å². The van der Waals surface area contributed by atoms with Crippen LogP contribution in [0.15, 0.2) is 0 Å². The van der Waals surface area contributed by atoms with Crippen LogP contribution in [-0.4, -0.2) is 62.8 Å². The van der Waals surface area contributed by atoms with Crippen LogP contribution < -0.4 is 5.32 Å². The molecule has 1 aliphatic rings. The second kappa shape index (κ2) is 5.97. The molecule has 0 bridgehead atoms. The minimum absolute atomic E-state index is 0.0409. The number of nitrogens with zero attached hydrogens (tertiary/aromatic N) is 1. The van der Waals surface area contributed by atoms with Gasteiger partial charge in [-0.25, -0.2) is 0 Å². The molecule has 0 aromatic carbocycles. The number of esters is 1. The highest BCUT2D eigenvalue weighted by Gasteiger charge is 2.37. The van der Waals surface area contributed by atoms with Gasteiger partial charge in [0, 0.05) is 34.1 Å². The van der Waals surface area contributed by atoms with E-state index in [4.69, 9.17) is 9.47 Å². The highest BCUT2D eigenvalue weighted by atomic mass is 16.6. The fraction of sp³-hybridized carbons (Fsp3) is 0.818. The van der Waals surface area contributed by atoms with Gasteiger partial charge < -0.3 is 19.7 Å². The van der Waals surface area contributed by atoms with Crippen molar-refractivity contribution in [1.82, 2.24) is 10.2 Å². The molecule has 1 N–H and O–H groups in total. The fourth-order valence-corrected chi connectivity index (χ4v) is 1.63. The molecule has 1 saturated heterocycles. The summed E-state index contributed by atoms with van der Waals surface area (Å²) in [4.78, 5) is 24.1. The Balaban J connectivity index is 2.64. The largest absolute Gasteiger partial charge is 0.463 e. The van der Waals surface area contributed by atoms with E-state index in [1.807, 2.05) is 0 Å². The molecule has 0 aliphatic carbocycles. The fourth-order valence-electron chi connectivity index (χ4n) is 1.63. The summed E-state index contributed by atoms with van der Waals surface area (Å²) in [6, 6.07) is 0. The van der Waals surface area contributed by atoms with Crippen LogP contribution in [0.2, 0.25) is 0 Å². The summed E-state index contributed by atoms with van der Waals surface area (Å²) < 4.78 is 10.6. The number of morpholine rings is 1. The first-order valence-electron chi connectivity index (χ1n) is 5.63. The molecule has 6 heteroatoms. The van der Waals surface area contributed by atoms with Crippen molar-refractivity contribution in [3.63, 3.8) is 0 Å². The minimum atomic E-state index is -0.731. The van der Waals surface area contributed by atoms with E-state index in [1.54, 1.807) is 14.1 Å². The summed E-state index contributed by atoms with van der Waals surface area (Å²) in [5.41, 5.74) is -0.731.